The molecule has 0 spiro atoms. The second kappa shape index (κ2) is 7.64. The molecule has 0 unspecified atom stereocenters. The van der Waals surface area contributed by atoms with E-state index in [4.69, 9.17) is 0 Å². The Hall–Kier alpha value is -1.29. The minimum atomic E-state index is -0.0411. The van der Waals surface area contributed by atoms with Gasteiger partial charge in [-0.25, -0.2) is 0 Å². The lowest BCUT2D eigenvalue weighted by molar-refractivity contribution is -0.115. The zero-order valence-corrected chi connectivity index (χ0v) is 13.5. The third-order valence-corrected chi connectivity index (χ3v) is 5.36. The second-order valence-electron chi connectivity index (χ2n) is 5.66. The number of hydrogen-bond acceptors (Lipinski definition) is 3. The standard InChI is InChI=1S/C17H23NO2S/c1-12(19)14-8-10-15(11-9-14)18-17(20)13(2)21-16-6-4-3-5-7-16/h8-11,13,16H,3-7H2,1-2H3,(H,18,20)/t13-/m0/s1. The molecule has 0 heterocycles. The molecule has 0 bridgehead atoms. The molecule has 1 amide bonds. The highest BCUT2D eigenvalue weighted by Crippen LogP contribution is 2.31. The summed E-state index contributed by atoms with van der Waals surface area (Å²) in [7, 11) is 0. The van der Waals surface area contributed by atoms with Crippen LogP contribution in [0.3, 0.4) is 0 Å². The number of Topliss-reactive ketones (excluding diaryl/α,β-unsaturated/α-hetero) is 1. The number of rotatable bonds is 5. The van der Waals surface area contributed by atoms with Crippen molar-refractivity contribution in [3.05, 3.63) is 29.8 Å². The molecule has 114 valence electrons. The van der Waals surface area contributed by atoms with E-state index in [9.17, 15) is 9.59 Å². The van der Waals surface area contributed by atoms with Gasteiger partial charge in [0.15, 0.2) is 5.78 Å². The summed E-state index contributed by atoms with van der Waals surface area (Å²) in [6, 6.07) is 7.06. The van der Waals surface area contributed by atoms with Crippen LogP contribution in [0.4, 0.5) is 5.69 Å². The van der Waals surface area contributed by atoms with Gasteiger partial charge in [0.25, 0.3) is 0 Å². The van der Waals surface area contributed by atoms with Crippen LogP contribution in [-0.4, -0.2) is 22.2 Å². The summed E-state index contributed by atoms with van der Waals surface area (Å²) in [6.45, 7) is 3.51. The maximum atomic E-state index is 12.2. The molecule has 0 saturated heterocycles. The smallest absolute Gasteiger partial charge is 0.237 e. The lowest BCUT2D eigenvalue weighted by atomic mass is 10.0. The highest BCUT2D eigenvalue weighted by molar-refractivity contribution is 8.01. The second-order valence-corrected chi connectivity index (χ2v) is 7.31. The fourth-order valence-electron chi connectivity index (χ4n) is 2.58. The van der Waals surface area contributed by atoms with E-state index in [2.05, 4.69) is 5.32 Å². The van der Waals surface area contributed by atoms with Gasteiger partial charge in [-0.2, -0.15) is 0 Å². The molecular weight excluding hydrogens is 282 g/mol. The topological polar surface area (TPSA) is 46.2 Å². The van der Waals surface area contributed by atoms with Gasteiger partial charge in [-0.05, 0) is 51.0 Å². The number of thioether (sulfide) groups is 1. The fraction of sp³-hybridized carbons (Fsp3) is 0.529. The monoisotopic (exact) mass is 305 g/mol. The van der Waals surface area contributed by atoms with Crippen LogP contribution in [0, 0.1) is 0 Å². The number of benzene rings is 1. The first-order valence-corrected chi connectivity index (χ1v) is 8.58. The fourth-order valence-corrected chi connectivity index (χ4v) is 3.95. The Morgan fingerprint density at radius 2 is 1.76 bits per heavy atom. The van der Waals surface area contributed by atoms with Crippen LogP contribution in [0.5, 0.6) is 0 Å². The predicted octanol–water partition coefficient (Wildman–Crippen LogP) is 4.28. The summed E-state index contributed by atoms with van der Waals surface area (Å²) in [6.07, 6.45) is 6.38. The van der Waals surface area contributed by atoms with Gasteiger partial charge in [-0.3, -0.25) is 9.59 Å². The Morgan fingerprint density at radius 1 is 1.14 bits per heavy atom. The van der Waals surface area contributed by atoms with Crippen molar-refractivity contribution in [2.75, 3.05) is 5.32 Å². The minimum absolute atomic E-state index is 0.0362. The normalized spacial score (nSPS) is 17.2. The summed E-state index contributed by atoms with van der Waals surface area (Å²) < 4.78 is 0. The van der Waals surface area contributed by atoms with Gasteiger partial charge in [0, 0.05) is 16.5 Å². The van der Waals surface area contributed by atoms with E-state index in [1.54, 1.807) is 36.0 Å². The molecule has 0 radical (unpaired) electrons. The molecule has 1 saturated carbocycles. The first-order valence-electron chi connectivity index (χ1n) is 7.63. The number of ketones is 1. The zero-order chi connectivity index (χ0) is 15.2. The summed E-state index contributed by atoms with van der Waals surface area (Å²) in [4.78, 5) is 23.4. The molecule has 3 nitrogen and oxygen atoms in total. The first kappa shape index (κ1) is 16.1. The maximum absolute atomic E-state index is 12.2. The molecule has 1 aromatic rings. The van der Waals surface area contributed by atoms with Gasteiger partial charge >= 0.3 is 0 Å². The number of amides is 1. The molecule has 21 heavy (non-hydrogen) atoms. The number of nitrogens with one attached hydrogen (secondary N) is 1. The van der Waals surface area contributed by atoms with E-state index in [1.165, 1.54) is 39.0 Å². The van der Waals surface area contributed by atoms with Gasteiger partial charge < -0.3 is 5.32 Å². The molecular formula is C17H23NO2S. The van der Waals surface area contributed by atoms with E-state index in [0.717, 1.165) is 5.69 Å². The zero-order valence-electron chi connectivity index (χ0n) is 12.7. The number of anilines is 1. The van der Waals surface area contributed by atoms with Crippen molar-refractivity contribution in [3.8, 4) is 0 Å². The van der Waals surface area contributed by atoms with Crippen molar-refractivity contribution in [3.63, 3.8) is 0 Å². The molecule has 2 rings (SSSR count). The number of hydrogen-bond donors (Lipinski definition) is 1. The highest BCUT2D eigenvalue weighted by atomic mass is 32.2. The molecule has 1 N–H and O–H groups in total. The van der Waals surface area contributed by atoms with Gasteiger partial charge in [-0.15, -0.1) is 11.8 Å². The quantitative estimate of drug-likeness (QED) is 0.826. The predicted molar refractivity (Wildman–Crippen MR) is 89.0 cm³/mol. The lowest BCUT2D eigenvalue weighted by Crippen LogP contribution is -2.25. The van der Waals surface area contributed by atoms with Crippen molar-refractivity contribution in [1.29, 1.82) is 0 Å². The third kappa shape index (κ3) is 4.88. The van der Waals surface area contributed by atoms with Gasteiger partial charge in [0.2, 0.25) is 5.91 Å². The average Bonchev–Trinajstić information content (AvgIpc) is 2.48. The summed E-state index contributed by atoms with van der Waals surface area (Å²) in [5.41, 5.74) is 1.42. The largest absolute Gasteiger partial charge is 0.325 e. The van der Waals surface area contributed by atoms with E-state index in [0.29, 0.717) is 10.8 Å². The molecule has 1 aliphatic carbocycles. The third-order valence-electron chi connectivity index (χ3n) is 3.88. The van der Waals surface area contributed by atoms with E-state index in [1.807, 2.05) is 6.92 Å². The Balaban J connectivity index is 1.86. The molecule has 0 aliphatic heterocycles. The summed E-state index contributed by atoms with van der Waals surface area (Å²) >= 11 is 1.79. The Labute approximate surface area is 130 Å². The van der Waals surface area contributed by atoms with Crippen LogP contribution in [-0.2, 0) is 4.79 Å². The number of carbonyl (C=O) groups is 2. The molecule has 0 aromatic heterocycles. The molecule has 1 aliphatic rings. The minimum Gasteiger partial charge on any atom is -0.325 e. The number of carbonyl (C=O) groups excluding carboxylic acids is 2. The van der Waals surface area contributed by atoms with E-state index in [-0.39, 0.29) is 16.9 Å². The highest BCUT2D eigenvalue weighted by Gasteiger charge is 2.21. The Bertz CT molecular complexity index is 492. The van der Waals surface area contributed by atoms with E-state index < -0.39 is 0 Å². The van der Waals surface area contributed by atoms with Crippen molar-refractivity contribution < 1.29 is 9.59 Å². The van der Waals surface area contributed by atoms with Crippen LogP contribution < -0.4 is 5.32 Å². The van der Waals surface area contributed by atoms with Crippen LogP contribution >= 0.6 is 11.8 Å². The first-order chi connectivity index (χ1) is 10.1. The van der Waals surface area contributed by atoms with Crippen LogP contribution in [0.15, 0.2) is 24.3 Å². The van der Waals surface area contributed by atoms with Crippen LogP contribution in [0.25, 0.3) is 0 Å². The Kier molecular flexibility index (Phi) is 5.85. The maximum Gasteiger partial charge on any atom is 0.237 e. The summed E-state index contributed by atoms with van der Waals surface area (Å²) in [5, 5.41) is 3.51. The van der Waals surface area contributed by atoms with Crippen molar-refractivity contribution in [2.24, 2.45) is 0 Å². The van der Waals surface area contributed by atoms with Gasteiger partial charge in [0.05, 0.1) is 5.25 Å². The average molecular weight is 305 g/mol. The molecule has 4 heteroatoms. The van der Waals surface area contributed by atoms with Crippen LogP contribution in [0.2, 0.25) is 0 Å². The summed E-state index contributed by atoms with van der Waals surface area (Å²) in [5.74, 6) is 0.0789. The molecule has 1 aromatic carbocycles. The van der Waals surface area contributed by atoms with Gasteiger partial charge in [0.1, 0.15) is 0 Å². The SMILES string of the molecule is CC(=O)c1ccc(NC(=O)[C@H](C)SC2CCCCC2)cc1. The molecule has 1 fully saturated rings. The Morgan fingerprint density at radius 3 is 2.33 bits per heavy atom. The van der Waals surface area contributed by atoms with Gasteiger partial charge in [-0.1, -0.05) is 19.3 Å². The van der Waals surface area contributed by atoms with E-state index >= 15 is 0 Å². The van der Waals surface area contributed by atoms with Crippen molar-refractivity contribution >= 4 is 29.1 Å². The lowest BCUT2D eigenvalue weighted by Gasteiger charge is -2.23. The van der Waals surface area contributed by atoms with Crippen LogP contribution in [0.1, 0.15) is 56.3 Å². The van der Waals surface area contributed by atoms with Crippen molar-refractivity contribution in [1.82, 2.24) is 0 Å². The molecule has 1 atom stereocenters. The van der Waals surface area contributed by atoms with Crippen molar-refractivity contribution in [2.45, 2.75) is 56.5 Å².